The summed E-state index contributed by atoms with van der Waals surface area (Å²) in [6.45, 7) is 1.87. The standard InChI is InChI=1S/C10H12O2S/c1-2-9(10(11)12)7-3-5-8(13)6-4-7/h3-6,9,13H,2H2,1H3,(H,11,12). The highest BCUT2D eigenvalue weighted by atomic mass is 32.1. The van der Waals surface area contributed by atoms with Crippen molar-refractivity contribution in [3.8, 4) is 0 Å². The molecule has 0 saturated heterocycles. The van der Waals surface area contributed by atoms with Crippen LogP contribution >= 0.6 is 12.6 Å². The summed E-state index contributed by atoms with van der Waals surface area (Å²) >= 11 is 4.13. The molecule has 0 saturated carbocycles. The summed E-state index contributed by atoms with van der Waals surface area (Å²) in [6.07, 6.45) is 0.612. The summed E-state index contributed by atoms with van der Waals surface area (Å²) in [5.74, 6) is -1.16. The number of thiol groups is 1. The van der Waals surface area contributed by atoms with Crippen LogP contribution in [0, 0.1) is 0 Å². The average Bonchev–Trinajstić information content (AvgIpc) is 2.09. The maximum atomic E-state index is 10.8. The fourth-order valence-electron chi connectivity index (χ4n) is 1.26. The number of carbonyl (C=O) groups is 1. The van der Waals surface area contributed by atoms with Crippen LogP contribution < -0.4 is 0 Å². The lowest BCUT2D eigenvalue weighted by atomic mass is 9.97. The maximum absolute atomic E-state index is 10.8. The first kappa shape index (κ1) is 10.1. The SMILES string of the molecule is CCC(C(=O)O)c1ccc(S)cc1. The van der Waals surface area contributed by atoms with Gasteiger partial charge in [-0.2, -0.15) is 0 Å². The van der Waals surface area contributed by atoms with Gasteiger partial charge in [-0.15, -0.1) is 12.6 Å². The van der Waals surface area contributed by atoms with E-state index in [1.165, 1.54) is 0 Å². The van der Waals surface area contributed by atoms with Gasteiger partial charge in [-0.05, 0) is 24.1 Å². The molecule has 1 N–H and O–H groups in total. The molecule has 70 valence electrons. The smallest absolute Gasteiger partial charge is 0.310 e. The van der Waals surface area contributed by atoms with E-state index in [0.717, 1.165) is 10.5 Å². The normalized spacial score (nSPS) is 12.5. The summed E-state index contributed by atoms with van der Waals surface area (Å²) in [5.41, 5.74) is 0.841. The Balaban J connectivity index is 2.92. The Hall–Kier alpha value is -0.960. The number of carboxylic acid groups (broad SMARTS) is 1. The molecular formula is C10H12O2S. The van der Waals surface area contributed by atoms with Crippen molar-refractivity contribution in [3.05, 3.63) is 29.8 Å². The lowest BCUT2D eigenvalue weighted by molar-refractivity contribution is -0.138. The van der Waals surface area contributed by atoms with E-state index < -0.39 is 11.9 Å². The number of rotatable bonds is 3. The van der Waals surface area contributed by atoms with Gasteiger partial charge in [0.1, 0.15) is 0 Å². The van der Waals surface area contributed by atoms with Crippen LogP contribution in [0.2, 0.25) is 0 Å². The second kappa shape index (κ2) is 4.33. The third kappa shape index (κ3) is 2.49. The van der Waals surface area contributed by atoms with E-state index in [2.05, 4.69) is 12.6 Å². The van der Waals surface area contributed by atoms with Crippen molar-refractivity contribution in [1.29, 1.82) is 0 Å². The van der Waals surface area contributed by atoms with Crippen molar-refractivity contribution in [1.82, 2.24) is 0 Å². The Kier molecular flexibility index (Phi) is 3.37. The molecule has 3 heteroatoms. The van der Waals surface area contributed by atoms with Gasteiger partial charge in [0, 0.05) is 4.90 Å². The predicted octanol–water partition coefficient (Wildman–Crippen LogP) is 2.55. The van der Waals surface area contributed by atoms with Gasteiger partial charge in [0.25, 0.3) is 0 Å². The number of aliphatic carboxylic acids is 1. The molecule has 0 aromatic heterocycles. The lowest BCUT2D eigenvalue weighted by Gasteiger charge is -2.09. The third-order valence-corrected chi connectivity index (χ3v) is 2.30. The summed E-state index contributed by atoms with van der Waals surface area (Å²) in [4.78, 5) is 11.6. The first-order valence-electron chi connectivity index (χ1n) is 4.17. The van der Waals surface area contributed by atoms with Crippen LogP contribution in [-0.4, -0.2) is 11.1 Å². The average molecular weight is 196 g/mol. The van der Waals surface area contributed by atoms with E-state index in [0.29, 0.717) is 6.42 Å². The zero-order valence-electron chi connectivity index (χ0n) is 7.40. The van der Waals surface area contributed by atoms with Crippen LogP contribution in [0.1, 0.15) is 24.8 Å². The molecule has 1 aromatic carbocycles. The largest absolute Gasteiger partial charge is 0.481 e. The molecule has 13 heavy (non-hydrogen) atoms. The molecular weight excluding hydrogens is 184 g/mol. The Morgan fingerprint density at radius 3 is 2.38 bits per heavy atom. The maximum Gasteiger partial charge on any atom is 0.310 e. The van der Waals surface area contributed by atoms with Crippen LogP contribution in [0.5, 0.6) is 0 Å². The predicted molar refractivity (Wildman–Crippen MR) is 54.4 cm³/mol. The van der Waals surface area contributed by atoms with Crippen LogP contribution in [0.15, 0.2) is 29.2 Å². The Labute approximate surface area is 83.0 Å². The van der Waals surface area contributed by atoms with Gasteiger partial charge in [-0.25, -0.2) is 0 Å². The summed E-state index contributed by atoms with van der Waals surface area (Å²) < 4.78 is 0. The van der Waals surface area contributed by atoms with Crippen molar-refractivity contribution in [2.24, 2.45) is 0 Å². The molecule has 2 nitrogen and oxygen atoms in total. The Morgan fingerprint density at radius 1 is 1.46 bits per heavy atom. The minimum atomic E-state index is -0.769. The monoisotopic (exact) mass is 196 g/mol. The van der Waals surface area contributed by atoms with E-state index in [9.17, 15) is 4.79 Å². The zero-order valence-corrected chi connectivity index (χ0v) is 8.29. The third-order valence-electron chi connectivity index (χ3n) is 2.00. The van der Waals surface area contributed by atoms with E-state index in [4.69, 9.17) is 5.11 Å². The number of benzene rings is 1. The second-order valence-corrected chi connectivity index (χ2v) is 3.41. The quantitative estimate of drug-likeness (QED) is 0.729. The minimum Gasteiger partial charge on any atom is -0.481 e. The zero-order chi connectivity index (χ0) is 9.84. The highest BCUT2D eigenvalue weighted by Crippen LogP contribution is 2.20. The molecule has 1 unspecified atom stereocenters. The summed E-state index contributed by atoms with van der Waals surface area (Å²) in [5, 5.41) is 8.88. The molecule has 0 aliphatic carbocycles. The van der Waals surface area contributed by atoms with Gasteiger partial charge in [-0.1, -0.05) is 19.1 Å². The molecule has 1 aromatic rings. The summed E-state index contributed by atoms with van der Waals surface area (Å²) in [6, 6.07) is 7.24. The highest BCUT2D eigenvalue weighted by Gasteiger charge is 2.16. The van der Waals surface area contributed by atoms with Gasteiger partial charge in [0.15, 0.2) is 0 Å². The Bertz CT molecular complexity index is 292. The van der Waals surface area contributed by atoms with Crippen molar-refractivity contribution >= 4 is 18.6 Å². The molecule has 0 spiro atoms. The molecule has 0 aliphatic rings. The van der Waals surface area contributed by atoms with Gasteiger partial charge in [-0.3, -0.25) is 4.79 Å². The van der Waals surface area contributed by atoms with Gasteiger partial charge < -0.3 is 5.11 Å². The van der Waals surface area contributed by atoms with E-state index in [-0.39, 0.29) is 0 Å². The molecule has 0 fully saturated rings. The van der Waals surface area contributed by atoms with Crippen molar-refractivity contribution in [2.75, 3.05) is 0 Å². The minimum absolute atomic E-state index is 0.395. The van der Waals surface area contributed by atoms with Gasteiger partial charge in [0.2, 0.25) is 0 Å². The van der Waals surface area contributed by atoms with Crippen LogP contribution in [-0.2, 0) is 4.79 Å². The van der Waals surface area contributed by atoms with Gasteiger partial charge >= 0.3 is 5.97 Å². The van der Waals surface area contributed by atoms with E-state index >= 15 is 0 Å². The lowest BCUT2D eigenvalue weighted by Crippen LogP contribution is -2.10. The molecule has 0 heterocycles. The first-order valence-corrected chi connectivity index (χ1v) is 4.61. The van der Waals surface area contributed by atoms with Crippen LogP contribution in [0.4, 0.5) is 0 Å². The van der Waals surface area contributed by atoms with Crippen molar-refractivity contribution in [2.45, 2.75) is 24.2 Å². The van der Waals surface area contributed by atoms with Crippen LogP contribution in [0.3, 0.4) is 0 Å². The fraction of sp³-hybridized carbons (Fsp3) is 0.300. The number of hydrogen-bond acceptors (Lipinski definition) is 2. The molecule has 0 bridgehead atoms. The molecule has 1 atom stereocenters. The molecule has 0 amide bonds. The van der Waals surface area contributed by atoms with Crippen molar-refractivity contribution in [3.63, 3.8) is 0 Å². The molecule has 0 aliphatic heterocycles. The molecule has 1 rings (SSSR count). The number of hydrogen-bond donors (Lipinski definition) is 2. The van der Waals surface area contributed by atoms with E-state index in [1.54, 1.807) is 0 Å². The summed E-state index contributed by atoms with van der Waals surface area (Å²) in [7, 11) is 0. The van der Waals surface area contributed by atoms with Crippen LogP contribution in [0.25, 0.3) is 0 Å². The van der Waals surface area contributed by atoms with E-state index in [1.807, 2.05) is 31.2 Å². The first-order chi connectivity index (χ1) is 6.15. The molecule has 0 radical (unpaired) electrons. The van der Waals surface area contributed by atoms with Gasteiger partial charge in [0.05, 0.1) is 5.92 Å². The topological polar surface area (TPSA) is 37.3 Å². The number of carboxylic acids is 1. The fourth-order valence-corrected chi connectivity index (χ4v) is 1.41. The second-order valence-electron chi connectivity index (χ2n) is 2.89. The van der Waals surface area contributed by atoms with Crippen molar-refractivity contribution < 1.29 is 9.90 Å². The highest BCUT2D eigenvalue weighted by molar-refractivity contribution is 7.80. The Morgan fingerprint density at radius 2 is 2.00 bits per heavy atom.